The number of aliphatic hydroxyl groups is 3. The molecule has 1 saturated carbocycles. The Labute approximate surface area is 221 Å². The number of carbonyl (C=O) groups excluding carboxylic acids is 3. The van der Waals surface area contributed by atoms with Crippen LogP contribution in [0.4, 0.5) is 0 Å². The molecule has 3 aliphatic rings. The Bertz CT molecular complexity index is 1310. The van der Waals surface area contributed by atoms with E-state index < -0.39 is 57.0 Å². The van der Waals surface area contributed by atoms with Gasteiger partial charge in [0.1, 0.15) is 22.8 Å². The van der Waals surface area contributed by atoms with E-state index in [-0.39, 0.29) is 29.7 Å². The largest absolute Gasteiger partial charge is 0.508 e. The van der Waals surface area contributed by atoms with Crippen LogP contribution in [-0.2, 0) is 27.3 Å². The van der Waals surface area contributed by atoms with Crippen LogP contribution in [0.1, 0.15) is 50.8 Å². The van der Waals surface area contributed by atoms with Crippen molar-refractivity contribution in [2.75, 3.05) is 20.6 Å². The highest BCUT2D eigenvalue weighted by Crippen LogP contribution is 2.63. The number of ketones is 2. The minimum Gasteiger partial charge on any atom is -0.508 e. The van der Waals surface area contributed by atoms with Crippen LogP contribution < -0.4 is 11.1 Å². The summed E-state index contributed by atoms with van der Waals surface area (Å²) in [7, 11) is 3.16. The molecule has 7 N–H and O–H groups in total. The van der Waals surface area contributed by atoms with Gasteiger partial charge in [-0.2, -0.15) is 0 Å². The number of aliphatic hydroxyl groups excluding tert-OH is 2. The molecule has 1 amide bonds. The molecule has 0 saturated heterocycles. The van der Waals surface area contributed by atoms with Crippen molar-refractivity contribution in [1.29, 1.82) is 0 Å². The third kappa shape index (κ3) is 3.61. The molecule has 0 heterocycles. The van der Waals surface area contributed by atoms with Crippen molar-refractivity contribution in [1.82, 2.24) is 10.2 Å². The second-order valence-corrected chi connectivity index (χ2v) is 12.0. The first-order chi connectivity index (χ1) is 17.5. The molecule has 1 aromatic rings. The van der Waals surface area contributed by atoms with Crippen LogP contribution >= 0.6 is 0 Å². The van der Waals surface area contributed by atoms with Gasteiger partial charge in [-0.25, -0.2) is 0 Å². The highest BCUT2D eigenvalue weighted by atomic mass is 16.3. The molecule has 0 spiro atoms. The van der Waals surface area contributed by atoms with E-state index >= 15 is 0 Å². The van der Waals surface area contributed by atoms with Gasteiger partial charge in [-0.1, -0.05) is 33.8 Å². The summed E-state index contributed by atoms with van der Waals surface area (Å²) < 4.78 is 0. The zero-order valence-corrected chi connectivity index (χ0v) is 22.7. The van der Waals surface area contributed by atoms with Crippen molar-refractivity contribution >= 4 is 23.2 Å². The first kappa shape index (κ1) is 27.8. The number of primary amides is 1. The van der Waals surface area contributed by atoms with Gasteiger partial charge in [0.2, 0.25) is 5.78 Å². The lowest BCUT2D eigenvalue weighted by atomic mass is 9.46. The van der Waals surface area contributed by atoms with Gasteiger partial charge in [0.05, 0.1) is 11.6 Å². The van der Waals surface area contributed by atoms with Crippen molar-refractivity contribution in [3.8, 4) is 5.75 Å². The zero-order chi connectivity index (χ0) is 28.5. The van der Waals surface area contributed by atoms with E-state index in [1.54, 1.807) is 27.1 Å². The van der Waals surface area contributed by atoms with Crippen LogP contribution in [-0.4, -0.2) is 75.1 Å². The molecule has 206 valence electrons. The topological polar surface area (TPSA) is 173 Å². The fraction of sp³-hybridized carbons (Fsp3) is 0.536. The van der Waals surface area contributed by atoms with Gasteiger partial charge in [0, 0.05) is 22.9 Å². The number of aromatic hydroxyl groups is 1. The monoisotopic (exact) mass is 527 g/mol. The molecule has 1 aromatic carbocycles. The Morgan fingerprint density at radius 3 is 2.37 bits per heavy atom. The molecule has 10 heteroatoms. The molecule has 0 aromatic heterocycles. The third-order valence-electron chi connectivity index (χ3n) is 8.48. The van der Waals surface area contributed by atoms with Gasteiger partial charge in [-0.3, -0.25) is 19.3 Å². The molecule has 0 aliphatic heterocycles. The Kier molecular flexibility index (Phi) is 6.54. The second-order valence-electron chi connectivity index (χ2n) is 12.0. The lowest BCUT2D eigenvalue weighted by Crippen LogP contribution is -2.72. The van der Waals surface area contributed by atoms with Crippen molar-refractivity contribution in [3.05, 3.63) is 45.7 Å². The van der Waals surface area contributed by atoms with Crippen LogP contribution in [0.5, 0.6) is 5.75 Å². The maximum Gasteiger partial charge on any atom is 0.255 e. The maximum atomic E-state index is 14.2. The molecular formula is C28H37N3O7. The van der Waals surface area contributed by atoms with Gasteiger partial charge in [0.15, 0.2) is 11.4 Å². The first-order valence-corrected chi connectivity index (χ1v) is 12.7. The number of nitrogens with two attached hydrogens (primary N) is 1. The van der Waals surface area contributed by atoms with Crippen LogP contribution in [0.3, 0.4) is 0 Å². The molecule has 38 heavy (non-hydrogen) atoms. The first-order valence-electron chi connectivity index (χ1n) is 12.7. The number of likely N-dealkylation sites (N-methyl/N-ethyl adjacent to an activating group) is 1. The average molecular weight is 528 g/mol. The third-order valence-corrected chi connectivity index (χ3v) is 8.48. The summed E-state index contributed by atoms with van der Waals surface area (Å²) in [6.45, 7) is 8.68. The molecule has 10 nitrogen and oxygen atoms in total. The van der Waals surface area contributed by atoms with Gasteiger partial charge < -0.3 is 31.5 Å². The SMILES string of the molecule is CC(C)CNCc1ccc(O)c2c1C[C@@]1(C)C[C@@]3(C)[C@H](N(C)C)C(=O)C(C(N)=O)=C(O)[C@@]3(O)C(=O)C1=C2O. The molecule has 4 rings (SSSR count). The minimum atomic E-state index is -2.72. The quantitative estimate of drug-likeness (QED) is 0.300. The highest BCUT2D eigenvalue weighted by molar-refractivity contribution is 6.25. The molecule has 0 unspecified atom stereocenters. The predicted molar refractivity (Wildman–Crippen MR) is 140 cm³/mol. The summed E-state index contributed by atoms with van der Waals surface area (Å²) in [4.78, 5) is 41.3. The van der Waals surface area contributed by atoms with Crippen LogP contribution in [0.25, 0.3) is 5.76 Å². The number of phenols is 1. The smallest absolute Gasteiger partial charge is 0.255 e. The van der Waals surface area contributed by atoms with Crippen LogP contribution in [0.15, 0.2) is 29.0 Å². The minimum absolute atomic E-state index is 0.000279. The highest BCUT2D eigenvalue weighted by Gasteiger charge is 2.72. The van der Waals surface area contributed by atoms with Gasteiger partial charge >= 0.3 is 0 Å². The number of fused-ring (bicyclic) bond motifs is 3. The predicted octanol–water partition coefficient (Wildman–Crippen LogP) is 1.49. The fourth-order valence-electron chi connectivity index (χ4n) is 7.05. The number of benzene rings is 1. The van der Waals surface area contributed by atoms with E-state index in [1.807, 2.05) is 0 Å². The van der Waals surface area contributed by atoms with Gasteiger partial charge in [0.25, 0.3) is 5.91 Å². The van der Waals surface area contributed by atoms with E-state index in [0.717, 1.165) is 12.1 Å². The number of nitrogens with zero attached hydrogens (tertiary/aromatic N) is 1. The van der Waals surface area contributed by atoms with Crippen molar-refractivity contribution in [3.63, 3.8) is 0 Å². The van der Waals surface area contributed by atoms with E-state index in [2.05, 4.69) is 19.2 Å². The number of hydrogen-bond donors (Lipinski definition) is 6. The summed E-state index contributed by atoms with van der Waals surface area (Å²) in [6, 6.07) is 2.04. The number of amides is 1. The van der Waals surface area contributed by atoms with E-state index in [0.29, 0.717) is 18.0 Å². The summed E-state index contributed by atoms with van der Waals surface area (Å²) in [5.74, 6) is -4.50. The number of carbonyl (C=O) groups is 3. The second kappa shape index (κ2) is 8.93. The summed E-state index contributed by atoms with van der Waals surface area (Å²) in [5, 5.41) is 48.7. The normalized spacial score (nSPS) is 31.0. The van der Waals surface area contributed by atoms with E-state index in [9.17, 15) is 34.8 Å². The molecule has 4 atom stereocenters. The number of nitrogens with one attached hydrogen (secondary N) is 1. The van der Waals surface area contributed by atoms with Gasteiger partial charge in [-0.05, 0) is 56.6 Å². The number of Topliss-reactive ketones (excluding diaryl/α,β-unsaturated/α-hetero) is 2. The maximum absolute atomic E-state index is 14.2. The fourth-order valence-corrected chi connectivity index (χ4v) is 7.05. The number of rotatable bonds is 6. The molecule has 0 bridgehead atoms. The van der Waals surface area contributed by atoms with Crippen molar-refractivity contribution in [2.45, 2.75) is 58.7 Å². The lowest BCUT2D eigenvalue weighted by molar-refractivity contribution is -0.176. The summed E-state index contributed by atoms with van der Waals surface area (Å²) in [5.41, 5.74) is 0.614. The van der Waals surface area contributed by atoms with Crippen molar-refractivity contribution < 1.29 is 34.8 Å². The average Bonchev–Trinajstić information content (AvgIpc) is 2.77. The number of phenolic OH excluding ortho intramolecular Hbond substituents is 1. The summed E-state index contributed by atoms with van der Waals surface area (Å²) in [6.07, 6.45) is 0.230. The molecular weight excluding hydrogens is 490 g/mol. The Morgan fingerprint density at radius 1 is 1.18 bits per heavy atom. The van der Waals surface area contributed by atoms with Gasteiger partial charge in [-0.15, -0.1) is 0 Å². The zero-order valence-electron chi connectivity index (χ0n) is 22.7. The molecule has 3 aliphatic carbocycles. The summed E-state index contributed by atoms with van der Waals surface area (Å²) >= 11 is 0. The number of hydrogen-bond acceptors (Lipinski definition) is 9. The van der Waals surface area contributed by atoms with Crippen molar-refractivity contribution in [2.24, 2.45) is 22.5 Å². The van der Waals surface area contributed by atoms with Crippen LogP contribution in [0, 0.1) is 16.7 Å². The molecule has 0 radical (unpaired) electrons. The molecule has 1 fully saturated rings. The van der Waals surface area contributed by atoms with E-state index in [1.165, 1.54) is 17.9 Å². The van der Waals surface area contributed by atoms with Crippen LogP contribution in [0.2, 0.25) is 0 Å². The Balaban J connectivity index is 1.98. The Hall–Kier alpha value is -3.21. The van der Waals surface area contributed by atoms with E-state index in [4.69, 9.17) is 5.73 Å². The lowest BCUT2D eigenvalue weighted by Gasteiger charge is -2.59. The Morgan fingerprint density at radius 2 is 1.82 bits per heavy atom. The standard InChI is InChI=1S/C28H37N3O7/c1-13(2)10-30-11-14-7-8-16(32)17-15(14)9-26(3)12-27(4)22(31(5)6)21(34)18(25(29)37)23(35)28(27,38)24(36)19(26)20(17)33/h7-8,13,22,30,32-33,35,38H,9-12H2,1-6H3,(H2,29,37)/t22-,26+,27+,28-/m1/s1.